The lowest BCUT2D eigenvalue weighted by Gasteiger charge is -2.33. The highest BCUT2D eigenvalue weighted by atomic mass is 32.2. The summed E-state index contributed by atoms with van der Waals surface area (Å²) >= 11 is 0. The Kier molecular flexibility index (Phi) is 8.33. The number of aliphatic imine (C=N–C) groups is 1. The first kappa shape index (κ1) is 30.0. The zero-order chi connectivity index (χ0) is 28.7. The van der Waals surface area contributed by atoms with E-state index in [9.17, 15) is 35.2 Å². The molecule has 0 radical (unpaired) electrons. The van der Waals surface area contributed by atoms with Gasteiger partial charge in [0.2, 0.25) is 10.0 Å². The van der Waals surface area contributed by atoms with Gasteiger partial charge in [0.05, 0.1) is 10.5 Å². The number of piperidine rings is 1. The minimum absolute atomic E-state index is 0.0494. The van der Waals surface area contributed by atoms with Crippen LogP contribution in [0.1, 0.15) is 58.1 Å². The van der Waals surface area contributed by atoms with Crippen molar-refractivity contribution in [2.24, 2.45) is 22.6 Å². The van der Waals surface area contributed by atoms with Crippen LogP contribution in [-0.2, 0) is 26.9 Å². The number of nitrogens with two attached hydrogens (primary N) is 1. The van der Waals surface area contributed by atoms with Crippen LogP contribution in [0.5, 0.6) is 0 Å². The Morgan fingerprint density at radius 1 is 1.13 bits per heavy atom. The lowest BCUT2D eigenvalue weighted by Crippen LogP contribution is -2.47. The molecule has 38 heavy (non-hydrogen) atoms. The van der Waals surface area contributed by atoms with Crippen molar-refractivity contribution in [3.63, 3.8) is 0 Å². The van der Waals surface area contributed by atoms with E-state index in [1.165, 1.54) is 11.8 Å². The van der Waals surface area contributed by atoms with E-state index in [2.05, 4.69) is 4.99 Å². The number of rotatable bonds is 8. The summed E-state index contributed by atoms with van der Waals surface area (Å²) in [6.07, 6.45) is -2.51. The van der Waals surface area contributed by atoms with Crippen LogP contribution in [0.15, 0.2) is 40.2 Å². The number of nitrogens with zero attached hydrogens (tertiary/aromatic N) is 3. The molecule has 13 heteroatoms. The summed E-state index contributed by atoms with van der Waals surface area (Å²) in [6.45, 7) is 7.08. The fraction of sp³-hybridized carbons (Fsp3) is 0.600. The number of benzene rings is 1. The monoisotopic (exact) mass is 564 g/mol. The Morgan fingerprint density at radius 2 is 1.71 bits per heavy atom. The number of halogens is 5. The van der Waals surface area contributed by atoms with E-state index in [0.29, 0.717) is 37.5 Å². The second-order valence-corrected chi connectivity index (χ2v) is 12.4. The molecule has 1 aromatic rings. The van der Waals surface area contributed by atoms with Crippen LogP contribution in [0, 0.1) is 11.8 Å². The fourth-order valence-electron chi connectivity index (χ4n) is 5.01. The summed E-state index contributed by atoms with van der Waals surface area (Å²) in [6, 6.07) is 1.23. The summed E-state index contributed by atoms with van der Waals surface area (Å²) in [5, 5.41) is 0. The molecule has 1 aromatic carbocycles. The van der Waals surface area contributed by atoms with Gasteiger partial charge in [0, 0.05) is 25.2 Å². The minimum Gasteiger partial charge on any atom is -0.369 e. The number of carbonyl (C=O) groups excluding carboxylic acids is 1. The Morgan fingerprint density at radius 3 is 2.24 bits per heavy atom. The van der Waals surface area contributed by atoms with Gasteiger partial charge in [-0.1, -0.05) is 19.9 Å². The van der Waals surface area contributed by atoms with E-state index in [1.54, 1.807) is 6.92 Å². The van der Waals surface area contributed by atoms with E-state index in [4.69, 9.17) is 5.73 Å². The van der Waals surface area contributed by atoms with Gasteiger partial charge >= 0.3 is 6.18 Å². The van der Waals surface area contributed by atoms with Gasteiger partial charge in [-0.3, -0.25) is 9.69 Å². The van der Waals surface area contributed by atoms with Crippen molar-refractivity contribution in [3.05, 3.63) is 41.5 Å². The quantitative estimate of drug-likeness (QED) is 0.365. The van der Waals surface area contributed by atoms with Crippen LogP contribution < -0.4 is 5.73 Å². The molecule has 2 aliphatic heterocycles. The number of hydrogen-bond donors (Lipinski definition) is 1. The highest BCUT2D eigenvalue weighted by Gasteiger charge is 2.45. The van der Waals surface area contributed by atoms with E-state index in [1.807, 2.05) is 13.8 Å². The van der Waals surface area contributed by atoms with Crippen molar-refractivity contribution >= 4 is 21.9 Å². The van der Waals surface area contributed by atoms with E-state index in [0.717, 1.165) is 10.4 Å². The third kappa shape index (κ3) is 6.19. The van der Waals surface area contributed by atoms with Gasteiger partial charge in [-0.2, -0.15) is 26.3 Å². The predicted molar refractivity (Wildman–Crippen MR) is 133 cm³/mol. The number of guanidine groups is 1. The molecule has 2 N–H and O–H groups in total. The summed E-state index contributed by atoms with van der Waals surface area (Å²) < 4.78 is 96.8. The highest BCUT2D eigenvalue weighted by Crippen LogP contribution is 2.38. The zero-order valence-electron chi connectivity index (χ0n) is 21.7. The van der Waals surface area contributed by atoms with Crippen molar-refractivity contribution < 1.29 is 35.2 Å². The van der Waals surface area contributed by atoms with Crippen molar-refractivity contribution in [1.29, 1.82) is 0 Å². The minimum atomic E-state index is -5.02. The van der Waals surface area contributed by atoms with Crippen LogP contribution in [0.25, 0.3) is 0 Å². The number of sulfonamides is 1. The second-order valence-electron chi connectivity index (χ2n) is 10.5. The Labute approximate surface area is 219 Å². The first-order chi connectivity index (χ1) is 17.4. The summed E-state index contributed by atoms with van der Waals surface area (Å²) in [7, 11) is -4.50. The normalized spacial score (nSPS) is 22.6. The third-order valence-electron chi connectivity index (χ3n) is 6.80. The van der Waals surface area contributed by atoms with Crippen LogP contribution in [0.4, 0.5) is 22.0 Å². The molecule has 2 heterocycles. The standard InChI is InChI=1S/C25H33F5N4O3S/c1-5-8-24(26,27)18-11-19(25(28,29)30)13-20(12-18)38(36,37)33-9-6-17(7-10-33)15-34-21(35)23(4,14-16(2)3)32-22(34)31/h5,8,11-13,16-17H,6-7,9-10,14-15H2,1-4H3,(H2,31,32)/b8-5+. The largest absolute Gasteiger partial charge is 0.416 e. The smallest absolute Gasteiger partial charge is 0.369 e. The lowest BCUT2D eigenvalue weighted by molar-refractivity contribution is -0.138. The number of amides is 1. The lowest BCUT2D eigenvalue weighted by atomic mass is 9.90. The molecule has 0 bridgehead atoms. The van der Waals surface area contributed by atoms with E-state index < -0.39 is 43.7 Å². The SMILES string of the molecule is C/C=C/C(F)(F)c1cc(C(F)(F)F)cc(S(=O)(=O)N2CCC(CN3C(=O)C(C)(CC(C)C)N=C3N)CC2)c1. The predicted octanol–water partition coefficient (Wildman–Crippen LogP) is 4.74. The first-order valence-corrected chi connectivity index (χ1v) is 13.8. The van der Waals surface area contributed by atoms with Crippen LogP contribution in [0.3, 0.4) is 0 Å². The molecule has 0 saturated carbocycles. The van der Waals surface area contributed by atoms with Crippen molar-refractivity contribution in [2.45, 2.75) is 69.5 Å². The Hall–Kier alpha value is -2.54. The second kappa shape index (κ2) is 10.6. The molecule has 1 atom stereocenters. The van der Waals surface area contributed by atoms with Gasteiger partial charge in [-0.15, -0.1) is 0 Å². The molecule has 1 unspecified atom stereocenters. The Balaban J connectivity index is 1.78. The number of carbonyl (C=O) groups is 1. The molecular weight excluding hydrogens is 531 g/mol. The van der Waals surface area contributed by atoms with Crippen LogP contribution in [0.2, 0.25) is 0 Å². The summed E-state index contributed by atoms with van der Waals surface area (Å²) in [5.41, 5.74) is 2.52. The molecular formula is C25H33F5N4O3S. The van der Waals surface area contributed by atoms with Gasteiger partial charge in [-0.05, 0) is 69.2 Å². The molecule has 1 fully saturated rings. The average molecular weight is 565 g/mol. The van der Waals surface area contributed by atoms with Gasteiger partial charge in [0.15, 0.2) is 5.96 Å². The maximum absolute atomic E-state index is 14.5. The summed E-state index contributed by atoms with van der Waals surface area (Å²) in [5.74, 6) is -3.83. The van der Waals surface area contributed by atoms with E-state index in [-0.39, 0.29) is 49.4 Å². The number of hydrogen-bond acceptors (Lipinski definition) is 5. The molecule has 2 aliphatic rings. The van der Waals surface area contributed by atoms with Crippen molar-refractivity contribution in [1.82, 2.24) is 9.21 Å². The molecule has 1 amide bonds. The third-order valence-corrected chi connectivity index (χ3v) is 8.67. The first-order valence-electron chi connectivity index (χ1n) is 12.3. The number of alkyl halides is 5. The zero-order valence-corrected chi connectivity index (χ0v) is 22.5. The molecule has 0 aromatic heterocycles. The van der Waals surface area contributed by atoms with Crippen LogP contribution >= 0.6 is 0 Å². The molecule has 0 aliphatic carbocycles. The average Bonchev–Trinajstić information content (AvgIpc) is 3.00. The number of allylic oxidation sites excluding steroid dienone is 2. The van der Waals surface area contributed by atoms with Crippen molar-refractivity contribution in [2.75, 3.05) is 19.6 Å². The van der Waals surface area contributed by atoms with Crippen LogP contribution in [-0.4, -0.2) is 54.7 Å². The maximum atomic E-state index is 14.5. The fourth-order valence-corrected chi connectivity index (χ4v) is 6.55. The molecule has 1 saturated heterocycles. The van der Waals surface area contributed by atoms with Crippen molar-refractivity contribution in [3.8, 4) is 0 Å². The van der Waals surface area contributed by atoms with Gasteiger partial charge in [0.1, 0.15) is 5.54 Å². The topological polar surface area (TPSA) is 96.1 Å². The maximum Gasteiger partial charge on any atom is 0.416 e. The van der Waals surface area contributed by atoms with Gasteiger partial charge in [0.25, 0.3) is 11.8 Å². The van der Waals surface area contributed by atoms with E-state index >= 15 is 0 Å². The summed E-state index contributed by atoms with van der Waals surface area (Å²) in [4.78, 5) is 17.9. The molecule has 212 valence electrons. The molecule has 3 rings (SSSR count). The highest BCUT2D eigenvalue weighted by molar-refractivity contribution is 7.89. The Bertz CT molecular complexity index is 1220. The van der Waals surface area contributed by atoms with Gasteiger partial charge < -0.3 is 5.73 Å². The molecule has 7 nitrogen and oxygen atoms in total. The molecule has 0 spiro atoms. The van der Waals surface area contributed by atoms with Gasteiger partial charge in [-0.25, -0.2) is 13.4 Å².